The van der Waals surface area contributed by atoms with Gasteiger partial charge in [0.05, 0.1) is 3.79 Å². The van der Waals surface area contributed by atoms with Crippen molar-refractivity contribution < 1.29 is 4.79 Å². The second-order valence-electron chi connectivity index (χ2n) is 3.94. The van der Waals surface area contributed by atoms with E-state index in [9.17, 15) is 4.79 Å². The smallest absolute Gasteiger partial charge is 0.152 e. The third kappa shape index (κ3) is 3.13. The Hall–Kier alpha value is -0.840. The van der Waals surface area contributed by atoms with E-state index in [0.717, 1.165) is 22.3 Å². The first-order valence-corrected chi connectivity index (χ1v) is 7.34. The monoisotopic (exact) mass is 343 g/mol. The van der Waals surface area contributed by atoms with Crippen LogP contribution in [0.25, 0.3) is 0 Å². The van der Waals surface area contributed by atoms with Crippen LogP contribution in [0.4, 0.5) is 5.69 Å². The van der Waals surface area contributed by atoms with Gasteiger partial charge in [0, 0.05) is 29.9 Å². The van der Waals surface area contributed by atoms with Gasteiger partial charge in [-0.3, -0.25) is 4.79 Å². The highest BCUT2D eigenvalue weighted by molar-refractivity contribution is 9.11. The highest BCUT2D eigenvalue weighted by Gasteiger charge is 2.09. The molecule has 0 N–H and O–H groups in total. The van der Waals surface area contributed by atoms with Crippen LogP contribution < -0.4 is 4.90 Å². The largest absolute Gasteiger partial charge is 0.370 e. The number of aldehydes is 1. The van der Waals surface area contributed by atoms with E-state index in [1.54, 1.807) is 23.5 Å². The van der Waals surface area contributed by atoms with Crippen LogP contribution in [0.1, 0.15) is 15.9 Å². The van der Waals surface area contributed by atoms with Crippen molar-refractivity contribution in [1.29, 1.82) is 0 Å². The number of thiophene rings is 1. The second kappa shape index (κ2) is 5.87. The van der Waals surface area contributed by atoms with Crippen LogP contribution in [0.3, 0.4) is 0 Å². The van der Waals surface area contributed by atoms with E-state index in [1.165, 1.54) is 5.56 Å². The normalized spacial score (nSPS) is 10.4. The van der Waals surface area contributed by atoms with Gasteiger partial charge in [0.2, 0.25) is 0 Å². The standard InChI is InChI=1S/C13H11BrClNOS/c1-16(6-9-4-13(14)18-8-9)12-5-11(15)3-2-10(12)7-17/h2-5,7-8H,6H2,1H3. The Labute approximate surface area is 123 Å². The summed E-state index contributed by atoms with van der Waals surface area (Å²) in [5.41, 5.74) is 2.70. The summed E-state index contributed by atoms with van der Waals surface area (Å²) in [7, 11) is 1.95. The van der Waals surface area contributed by atoms with Crippen molar-refractivity contribution >= 4 is 50.8 Å². The Balaban J connectivity index is 2.25. The summed E-state index contributed by atoms with van der Waals surface area (Å²) in [6.07, 6.45) is 0.853. The van der Waals surface area contributed by atoms with Gasteiger partial charge in [0.15, 0.2) is 6.29 Å². The highest BCUT2D eigenvalue weighted by Crippen LogP contribution is 2.26. The molecule has 0 saturated carbocycles. The summed E-state index contributed by atoms with van der Waals surface area (Å²) in [6.45, 7) is 0.739. The summed E-state index contributed by atoms with van der Waals surface area (Å²) < 4.78 is 1.10. The van der Waals surface area contributed by atoms with E-state index in [2.05, 4.69) is 27.4 Å². The minimum Gasteiger partial charge on any atom is -0.370 e. The van der Waals surface area contributed by atoms with Crippen molar-refractivity contribution in [3.63, 3.8) is 0 Å². The van der Waals surface area contributed by atoms with E-state index in [1.807, 2.05) is 18.0 Å². The van der Waals surface area contributed by atoms with Crippen LogP contribution >= 0.6 is 38.9 Å². The molecule has 0 amide bonds. The molecule has 1 aromatic carbocycles. The molecular formula is C13H11BrClNOS. The Bertz CT molecular complexity index is 570. The SMILES string of the molecule is CN(Cc1csc(Br)c1)c1cc(Cl)ccc1C=O. The van der Waals surface area contributed by atoms with E-state index in [0.29, 0.717) is 10.6 Å². The fourth-order valence-corrected chi connectivity index (χ4v) is 3.10. The van der Waals surface area contributed by atoms with Gasteiger partial charge in [-0.25, -0.2) is 0 Å². The molecule has 0 fully saturated rings. The Morgan fingerprint density at radius 1 is 1.44 bits per heavy atom. The zero-order chi connectivity index (χ0) is 13.1. The molecule has 2 nitrogen and oxygen atoms in total. The Morgan fingerprint density at radius 3 is 2.83 bits per heavy atom. The lowest BCUT2D eigenvalue weighted by Crippen LogP contribution is -2.17. The fourth-order valence-electron chi connectivity index (χ4n) is 1.73. The molecule has 0 aliphatic heterocycles. The highest BCUT2D eigenvalue weighted by atomic mass is 79.9. The summed E-state index contributed by atoms with van der Waals surface area (Å²) in [6, 6.07) is 7.35. The Morgan fingerprint density at radius 2 is 2.22 bits per heavy atom. The van der Waals surface area contributed by atoms with Gasteiger partial charge in [-0.15, -0.1) is 11.3 Å². The third-order valence-corrected chi connectivity index (χ3v) is 4.36. The lowest BCUT2D eigenvalue weighted by atomic mass is 10.1. The predicted octanol–water partition coefficient (Wildman–Crippen LogP) is 4.61. The molecule has 0 radical (unpaired) electrons. The predicted molar refractivity (Wildman–Crippen MR) is 81.0 cm³/mol. The molecule has 0 aliphatic carbocycles. The molecule has 5 heteroatoms. The van der Waals surface area contributed by atoms with Gasteiger partial charge in [-0.2, -0.15) is 0 Å². The molecule has 0 unspecified atom stereocenters. The molecule has 94 valence electrons. The number of halogens is 2. The number of anilines is 1. The van der Waals surface area contributed by atoms with E-state index >= 15 is 0 Å². The number of nitrogens with zero attached hydrogens (tertiary/aromatic N) is 1. The molecule has 1 aromatic heterocycles. The van der Waals surface area contributed by atoms with Crippen molar-refractivity contribution in [3.05, 3.63) is 49.6 Å². The molecule has 2 aromatic rings. The van der Waals surface area contributed by atoms with Gasteiger partial charge in [0.1, 0.15) is 0 Å². The summed E-state index contributed by atoms with van der Waals surface area (Å²) in [4.78, 5) is 13.0. The molecular weight excluding hydrogens is 334 g/mol. The molecule has 1 heterocycles. The van der Waals surface area contributed by atoms with Crippen LogP contribution in [0.15, 0.2) is 33.4 Å². The number of carbonyl (C=O) groups is 1. The fraction of sp³-hybridized carbons (Fsp3) is 0.154. The van der Waals surface area contributed by atoms with Gasteiger partial charge in [-0.05, 0) is 51.1 Å². The van der Waals surface area contributed by atoms with Crippen LogP contribution in [-0.2, 0) is 6.54 Å². The molecule has 18 heavy (non-hydrogen) atoms. The molecule has 0 spiro atoms. The Kier molecular flexibility index (Phi) is 4.43. The quantitative estimate of drug-likeness (QED) is 0.755. The molecule has 0 aliphatic rings. The maximum atomic E-state index is 11.0. The van der Waals surface area contributed by atoms with Crippen LogP contribution in [0.5, 0.6) is 0 Å². The first-order valence-electron chi connectivity index (χ1n) is 5.29. The average Bonchev–Trinajstić information content (AvgIpc) is 2.74. The van der Waals surface area contributed by atoms with Crippen molar-refractivity contribution in [3.8, 4) is 0 Å². The zero-order valence-corrected chi connectivity index (χ0v) is 12.8. The summed E-state index contributed by atoms with van der Waals surface area (Å²) >= 11 is 11.1. The van der Waals surface area contributed by atoms with Gasteiger partial charge >= 0.3 is 0 Å². The number of rotatable bonds is 4. The lowest BCUT2D eigenvalue weighted by Gasteiger charge is -2.20. The number of hydrogen-bond acceptors (Lipinski definition) is 3. The van der Waals surface area contributed by atoms with E-state index in [4.69, 9.17) is 11.6 Å². The summed E-state index contributed by atoms with van der Waals surface area (Å²) in [5, 5.41) is 2.72. The van der Waals surface area contributed by atoms with Crippen molar-refractivity contribution in [2.45, 2.75) is 6.54 Å². The second-order valence-corrected chi connectivity index (χ2v) is 6.66. The zero-order valence-electron chi connectivity index (χ0n) is 9.69. The molecule has 0 bridgehead atoms. The minimum atomic E-state index is 0.633. The maximum absolute atomic E-state index is 11.0. The van der Waals surface area contributed by atoms with E-state index < -0.39 is 0 Å². The third-order valence-electron chi connectivity index (χ3n) is 2.57. The average molecular weight is 345 g/mol. The lowest BCUT2D eigenvalue weighted by molar-refractivity contribution is 0.112. The van der Waals surface area contributed by atoms with E-state index in [-0.39, 0.29) is 0 Å². The van der Waals surface area contributed by atoms with Gasteiger partial charge < -0.3 is 4.90 Å². The van der Waals surface area contributed by atoms with Crippen molar-refractivity contribution in [2.75, 3.05) is 11.9 Å². The van der Waals surface area contributed by atoms with Gasteiger partial charge in [0.25, 0.3) is 0 Å². The maximum Gasteiger partial charge on any atom is 0.152 e. The first-order chi connectivity index (χ1) is 8.60. The van der Waals surface area contributed by atoms with Crippen LogP contribution in [0, 0.1) is 0 Å². The number of benzene rings is 1. The molecule has 0 atom stereocenters. The van der Waals surface area contributed by atoms with Crippen LogP contribution in [-0.4, -0.2) is 13.3 Å². The topological polar surface area (TPSA) is 20.3 Å². The van der Waals surface area contributed by atoms with Crippen molar-refractivity contribution in [2.24, 2.45) is 0 Å². The molecule has 0 saturated heterocycles. The number of carbonyl (C=O) groups excluding carboxylic acids is 1. The minimum absolute atomic E-state index is 0.633. The van der Waals surface area contributed by atoms with Crippen molar-refractivity contribution in [1.82, 2.24) is 0 Å². The van der Waals surface area contributed by atoms with Crippen LogP contribution in [0.2, 0.25) is 5.02 Å². The summed E-state index contributed by atoms with van der Waals surface area (Å²) in [5.74, 6) is 0. The first kappa shape index (κ1) is 13.6. The number of hydrogen-bond donors (Lipinski definition) is 0. The van der Waals surface area contributed by atoms with Gasteiger partial charge in [-0.1, -0.05) is 11.6 Å². The molecule has 2 rings (SSSR count).